The molecule has 3 aliphatic rings. The van der Waals surface area contributed by atoms with Crippen molar-refractivity contribution in [2.24, 2.45) is 5.92 Å². The number of carbonyl (C=O) groups is 2. The molecule has 0 aromatic carbocycles. The number of nitrogens with one attached hydrogen (secondary N) is 1. The fraction of sp³-hybridized carbons (Fsp3) is 0.846. The average Bonchev–Trinajstić information content (AvgIpc) is 2.72. The number of fused-ring (bicyclic) bond motifs is 3. The van der Waals surface area contributed by atoms with E-state index in [1.165, 1.54) is 0 Å². The van der Waals surface area contributed by atoms with E-state index in [-0.39, 0.29) is 24.5 Å². The van der Waals surface area contributed by atoms with Crippen molar-refractivity contribution in [2.75, 3.05) is 13.2 Å². The Balaban J connectivity index is 1.93. The van der Waals surface area contributed by atoms with Crippen molar-refractivity contribution in [1.82, 2.24) is 5.32 Å². The molecule has 5 atom stereocenters. The van der Waals surface area contributed by atoms with Gasteiger partial charge in [-0.25, -0.2) is 0 Å². The first kappa shape index (κ1) is 13.8. The molecule has 0 aromatic heterocycles. The van der Waals surface area contributed by atoms with Gasteiger partial charge in [-0.3, -0.25) is 9.59 Å². The summed E-state index contributed by atoms with van der Waals surface area (Å²) in [7, 11) is 0. The monoisotopic (exact) mass is 285 g/mol. The van der Waals surface area contributed by atoms with Crippen molar-refractivity contribution in [3.63, 3.8) is 0 Å². The molecule has 0 amide bonds. The average molecular weight is 285 g/mol. The van der Waals surface area contributed by atoms with E-state index in [0.29, 0.717) is 13.2 Å². The van der Waals surface area contributed by atoms with Gasteiger partial charge in [-0.15, -0.1) is 0 Å². The summed E-state index contributed by atoms with van der Waals surface area (Å²) in [5.74, 6) is -2.32. The van der Waals surface area contributed by atoms with Gasteiger partial charge in [0.1, 0.15) is 11.6 Å². The SMILES string of the molecule is O=C(O)C[C@@]12O[C@H]3CCCCO[C@H]3[C@@H]1CN[C@H]2C(=O)O. The maximum absolute atomic E-state index is 11.4. The lowest BCUT2D eigenvalue weighted by atomic mass is 9.80. The first-order valence-corrected chi connectivity index (χ1v) is 7.02. The Morgan fingerprint density at radius 1 is 1.30 bits per heavy atom. The highest BCUT2D eigenvalue weighted by molar-refractivity contribution is 5.79. The summed E-state index contributed by atoms with van der Waals surface area (Å²) in [6.07, 6.45) is 2.03. The molecule has 3 rings (SSSR count). The van der Waals surface area contributed by atoms with Gasteiger partial charge in [-0.05, 0) is 19.3 Å². The summed E-state index contributed by atoms with van der Waals surface area (Å²) >= 11 is 0. The summed E-state index contributed by atoms with van der Waals surface area (Å²) in [5, 5.41) is 21.4. The molecule has 0 bridgehead atoms. The third-order valence-electron chi connectivity index (χ3n) is 4.66. The van der Waals surface area contributed by atoms with Crippen molar-refractivity contribution in [3.05, 3.63) is 0 Å². The summed E-state index contributed by atoms with van der Waals surface area (Å²) in [4.78, 5) is 22.6. The molecule has 3 saturated heterocycles. The van der Waals surface area contributed by atoms with E-state index in [1.54, 1.807) is 0 Å². The molecule has 3 fully saturated rings. The van der Waals surface area contributed by atoms with Gasteiger partial charge in [-0.2, -0.15) is 0 Å². The van der Waals surface area contributed by atoms with Crippen LogP contribution in [0.15, 0.2) is 0 Å². The topological polar surface area (TPSA) is 105 Å². The Kier molecular flexibility index (Phi) is 3.43. The highest BCUT2D eigenvalue weighted by Gasteiger charge is 2.65. The molecule has 0 aliphatic carbocycles. The molecular weight excluding hydrogens is 266 g/mol. The number of hydrogen-bond donors (Lipinski definition) is 3. The van der Waals surface area contributed by atoms with Crippen molar-refractivity contribution in [3.8, 4) is 0 Å². The van der Waals surface area contributed by atoms with Crippen LogP contribution >= 0.6 is 0 Å². The fourth-order valence-electron chi connectivity index (χ4n) is 3.88. The third-order valence-corrected chi connectivity index (χ3v) is 4.66. The van der Waals surface area contributed by atoms with Crippen LogP contribution in [-0.4, -0.2) is 59.2 Å². The van der Waals surface area contributed by atoms with Crippen LogP contribution in [0.25, 0.3) is 0 Å². The van der Waals surface area contributed by atoms with Crippen molar-refractivity contribution >= 4 is 11.9 Å². The Hall–Kier alpha value is -1.18. The summed E-state index contributed by atoms with van der Waals surface area (Å²) in [5.41, 5.74) is -1.19. The predicted octanol–water partition coefficient (Wildman–Crippen LogP) is -0.160. The highest BCUT2D eigenvalue weighted by Crippen LogP contribution is 2.48. The second kappa shape index (κ2) is 4.98. The van der Waals surface area contributed by atoms with E-state index in [9.17, 15) is 14.7 Å². The quantitative estimate of drug-likeness (QED) is 0.661. The maximum atomic E-state index is 11.4. The molecule has 7 nitrogen and oxygen atoms in total. The third kappa shape index (κ3) is 2.01. The van der Waals surface area contributed by atoms with Crippen molar-refractivity contribution < 1.29 is 29.3 Å². The van der Waals surface area contributed by atoms with Crippen molar-refractivity contribution in [2.45, 2.75) is 49.5 Å². The van der Waals surface area contributed by atoms with Crippen LogP contribution in [0, 0.1) is 5.92 Å². The van der Waals surface area contributed by atoms with Crippen LogP contribution in [-0.2, 0) is 19.1 Å². The molecule has 0 aromatic rings. The van der Waals surface area contributed by atoms with Gasteiger partial charge in [-0.1, -0.05) is 0 Å². The molecule has 0 spiro atoms. The van der Waals surface area contributed by atoms with Crippen LogP contribution < -0.4 is 5.32 Å². The molecule has 0 unspecified atom stereocenters. The summed E-state index contributed by atoms with van der Waals surface area (Å²) < 4.78 is 11.8. The Morgan fingerprint density at radius 3 is 2.80 bits per heavy atom. The molecule has 3 aliphatic heterocycles. The first-order chi connectivity index (χ1) is 9.54. The molecular formula is C13H19NO6. The number of aliphatic carboxylic acids is 2. The molecule has 3 heterocycles. The highest BCUT2D eigenvalue weighted by atomic mass is 16.6. The maximum Gasteiger partial charge on any atom is 0.323 e. The van der Waals surface area contributed by atoms with Gasteiger partial charge in [0.05, 0.1) is 18.6 Å². The van der Waals surface area contributed by atoms with Gasteiger partial charge in [0.15, 0.2) is 0 Å². The normalized spacial score (nSPS) is 43.6. The van der Waals surface area contributed by atoms with E-state index >= 15 is 0 Å². The molecule has 112 valence electrons. The summed E-state index contributed by atoms with van der Waals surface area (Å²) in [6, 6.07) is -0.987. The van der Waals surface area contributed by atoms with E-state index < -0.39 is 23.6 Å². The minimum atomic E-state index is -1.19. The second-order valence-corrected chi connectivity index (χ2v) is 5.80. The first-order valence-electron chi connectivity index (χ1n) is 7.02. The van der Waals surface area contributed by atoms with Crippen LogP contribution in [0.3, 0.4) is 0 Å². The molecule has 3 N–H and O–H groups in total. The van der Waals surface area contributed by atoms with Gasteiger partial charge in [0.25, 0.3) is 0 Å². The van der Waals surface area contributed by atoms with E-state index in [1.807, 2.05) is 0 Å². The molecule has 0 saturated carbocycles. The van der Waals surface area contributed by atoms with Crippen LogP contribution in [0.2, 0.25) is 0 Å². The predicted molar refractivity (Wildman–Crippen MR) is 66.4 cm³/mol. The van der Waals surface area contributed by atoms with Crippen molar-refractivity contribution in [1.29, 1.82) is 0 Å². The number of carboxylic acids is 2. The lowest BCUT2D eigenvalue weighted by molar-refractivity contribution is -0.157. The lowest BCUT2D eigenvalue weighted by Crippen LogP contribution is -2.52. The van der Waals surface area contributed by atoms with E-state index in [2.05, 4.69) is 5.32 Å². The Bertz CT molecular complexity index is 427. The Labute approximate surface area is 116 Å². The largest absolute Gasteiger partial charge is 0.481 e. The number of hydrogen-bond acceptors (Lipinski definition) is 5. The molecule has 7 heteroatoms. The van der Waals surface area contributed by atoms with Crippen LogP contribution in [0.1, 0.15) is 25.7 Å². The Morgan fingerprint density at radius 2 is 2.10 bits per heavy atom. The molecule has 0 radical (unpaired) electrons. The van der Waals surface area contributed by atoms with Gasteiger partial charge in [0.2, 0.25) is 0 Å². The number of carboxylic acid groups (broad SMARTS) is 2. The zero-order valence-corrected chi connectivity index (χ0v) is 11.1. The van der Waals surface area contributed by atoms with Gasteiger partial charge in [0, 0.05) is 19.1 Å². The minimum Gasteiger partial charge on any atom is -0.481 e. The van der Waals surface area contributed by atoms with Crippen LogP contribution in [0.4, 0.5) is 0 Å². The minimum absolute atomic E-state index is 0.189. The molecule has 20 heavy (non-hydrogen) atoms. The zero-order chi connectivity index (χ0) is 14.3. The lowest BCUT2D eigenvalue weighted by Gasteiger charge is -2.31. The zero-order valence-electron chi connectivity index (χ0n) is 11.1. The smallest absolute Gasteiger partial charge is 0.323 e. The van der Waals surface area contributed by atoms with E-state index in [0.717, 1.165) is 19.3 Å². The van der Waals surface area contributed by atoms with Gasteiger partial charge >= 0.3 is 11.9 Å². The number of ether oxygens (including phenoxy) is 2. The van der Waals surface area contributed by atoms with Crippen LogP contribution in [0.5, 0.6) is 0 Å². The number of rotatable bonds is 3. The van der Waals surface area contributed by atoms with E-state index in [4.69, 9.17) is 14.6 Å². The second-order valence-electron chi connectivity index (χ2n) is 5.80. The fourth-order valence-corrected chi connectivity index (χ4v) is 3.88. The summed E-state index contributed by atoms with van der Waals surface area (Å²) in [6.45, 7) is 1.05. The standard InChI is InChI=1S/C13H19NO6/c15-9(16)5-13-7(6-14-11(13)12(17)18)10-8(20-13)3-1-2-4-19-10/h7-8,10-11,14H,1-6H2,(H,15,16)(H,17,18)/t7-,8-,10-,11-,13+/m0/s1. The van der Waals surface area contributed by atoms with Gasteiger partial charge < -0.3 is 25.0 Å².